The smallest absolute Gasteiger partial charge is 0.341 e. The van der Waals surface area contributed by atoms with Crippen LogP contribution in [0.25, 0.3) is 21.3 Å². The van der Waals surface area contributed by atoms with Crippen molar-refractivity contribution in [1.82, 2.24) is 9.97 Å². The molecule has 1 aliphatic rings. The molecule has 174 valence electrons. The molecule has 0 radical (unpaired) electrons. The van der Waals surface area contributed by atoms with Gasteiger partial charge in [-0.05, 0) is 49.4 Å². The highest BCUT2D eigenvalue weighted by atomic mass is 32.2. The van der Waals surface area contributed by atoms with Crippen LogP contribution in [0.1, 0.15) is 33.0 Å². The summed E-state index contributed by atoms with van der Waals surface area (Å²) in [5.41, 5.74) is 2.83. The first kappa shape index (κ1) is 22.9. The molecule has 1 aromatic carbocycles. The van der Waals surface area contributed by atoms with Gasteiger partial charge in [0.2, 0.25) is 5.91 Å². The zero-order valence-corrected chi connectivity index (χ0v) is 20.9. The van der Waals surface area contributed by atoms with Crippen molar-refractivity contribution in [3.05, 3.63) is 57.3 Å². The Balaban J connectivity index is 1.37. The number of hydrogen-bond donors (Lipinski definition) is 1. The average molecular weight is 514 g/mol. The molecule has 0 spiro atoms. The number of halogens is 1. The Labute approximate surface area is 207 Å². The fraction of sp³-hybridized carbons (Fsp3) is 0.250. The lowest BCUT2D eigenvalue weighted by Crippen LogP contribution is -2.16. The van der Waals surface area contributed by atoms with E-state index in [0.29, 0.717) is 22.0 Å². The van der Waals surface area contributed by atoms with Crippen LogP contribution in [0.5, 0.6) is 0 Å². The van der Waals surface area contributed by atoms with Crippen molar-refractivity contribution in [3.63, 3.8) is 0 Å². The molecule has 5 rings (SSSR count). The molecule has 10 heteroatoms. The van der Waals surface area contributed by atoms with Crippen LogP contribution in [0.4, 0.5) is 9.39 Å². The number of rotatable bonds is 6. The molecule has 0 saturated heterocycles. The molecule has 0 atom stereocenters. The van der Waals surface area contributed by atoms with Crippen LogP contribution >= 0.6 is 34.4 Å². The average Bonchev–Trinajstić information content (AvgIpc) is 3.52. The molecule has 1 amide bonds. The molecule has 3 aromatic heterocycles. The SMILES string of the molecule is COC(=O)c1c(-c2ccc(F)cc2)csc1NC(=O)CSc1nc(C)nc2sc3c(c12)CCC3. The molecule has 1 aliphatic carbocycles. The Hall–Kier alpha value is -2.82. The maximum Gasteiger partial charge on any atom is 0.341 e. The Kier molecular flexibility index (Phi) is 6.37. The van der Waals surface area contributed by atoms with Crippen molar-refractivity contribution in [2.24, 2.45) is 0 Å². The third-order valence-corrected chi connectivity index (χ3v) is 8.63. The number of amides is 1. The van der Waals surface area contributed by atoms with Crippen molar-refractivity contribution >= 4 is 61.5 Å². The maximum absolute atomic E-state index is 13.3. The van der Waals surface area contributed by atoms with Gasteiger partial charge in [0.1, 0.15) is 32.1 Å². The molecule has 6 nitrogen and oxygen atoms in total. The molecular formula is C24H20FN3O3S3. The molecule has 1 N–H and O–H groups in total. The summed E-state index contributed by atoms with van der Waals surface area (Å²) in [7, 11) is 1.29. The number of ether oxygens (including phenoxy) is 1. The highest BCUT2D eigenvalue weighted by Crippen LogP contribution is 2.41. The number of hydrogen-bond acceptors (Lipinski definition) is 8. The predicted octanol–water partition coefficient (Wildman–Crippen LogP) is 5.87. The number of nitrogens with zero attached hydrogens (tertiary/aromatic N) is 2. The molecule has 0 aliphatic heterocycles. The van der Waals surface area contributed by atoms with Crippen LogP contribution in [0, 0.1) is 12.7 Å². The number of benzene rings is 1. The van der Waals surface area contributed by atoms with Crippen LogP contribution in [-0.4, -0.2) is 34.7 Å². The molecule has 0 bridgehead atoms. The minimum atomic E-state index is -0.564. The number of carbonyl (C=O) groups is 2. The largest absolute Gasteiger partial charge is 0.465 e. The molecule has 0 saturated carbocycles. The highest BCUT2D eigenvalue weighted by Gasteiger charge is 2.24. The summed E-state index contributed by atoms with van der Waals surface area (Å²) in [6.45, 7) is 1.86. The minimum absolute atomic E-state index is 0.139. The summed E-state index contributed by atoms with van der Waals surface area (Å²) < 4.78 is 18.3. The first-order valence-corrected chi connectivity index (χ1v) is 13.3. The van der Waals surface area contributed by atoms with Crippen LogP contribution < -0.4 is 5.32 Å². The van der Waals surface area contributed by atoms with E-state index in [9.17, 15) is 14.0 Å². The quantitative estimate of drug-likeness (QED) is 0.197. The zero-order valence-electron chi connectivity index (χ0n) is 18.4. The zero-order chi connectivity index (χ0) is 23.8. The number of carbonyl (C=O) groups excluding carboxylic acids is 2. The van der Waals surface area contributed by atoms with E-state index in [0.717, 1.165) is 34.5 Å². The fourth-order valence-electron chi connectivity index (χ4n) is 4.06. The first-order chi connectivity index (χ1) is 16.4. The number of thiophene rings is 2. The lowest BCUT2D eigenvalue weighted by atomic mass is 10.0. The number of nitrogens with one attached hydrogen (secondary N) is 1. The van der Waals surface area contributed by atoms with E-state index in [1.54, 1.807) is 28.8 Å². The van der Waals surface area contributed by atoms with E-state index in [4.69, 9.17) is 4.74 Å². The van der Waals surface area contributed by atoms with Gasteiger partial charge < -0.3 is 10.1 Å². The molecule has 34 heavy (non-hydrogen) atoms. The van der Waals surface area contributed by atoms with Gasteiger partial charge in [-0.2, -0.15) is 0 Å². The number of methoxy groups -OCH3 is 1. The number of aromatic nitrogens is 2. The second kappa shape index (κ2) is 9.44. The number of esters is 1. The van der Waals surface area contributed by atoms with E-state index >= 15 is 0 Å². The Bertz CT molecular complexity index is 1410. The molecule has 3 heterocycles. The fourth-order valence-corrected chi connectivity index (χ4v) is 7.31. The summed E-state index contributed by atoms with van der Waals surface area (Å²) in [6, 6.07) is 5.84. The van der Waals surface area contributed by atoms with E-state index < -0.39 is 5.97 Å². The van der Waals surface area contributed by atoms with Crippen molar-refractivity contribution in [3.8, 4) is 11.1 Å². The Morgan fingerprint density at radius 2 is 2.00 bits per heavy atom. The number of aryl methyl sites for hydroxylation is 3. The number of anilines is 1. The van der Waals surface area contributed by atoms with Gasteiger partial charge in [0, 0.05) is 21.2 Å². The standard InChI is InChI=1S/C24H20FN3O3S3/c1-12-26-21(19-15-4-3-5-17(15)34-23(19)27-12)33-11-18(29)28-22-20(24(30)31-2)16(10-32-22)13-6-8-14(25)9-7-13/h6-10H,3-5,11H2,1-2H3,(H,28,29). The van der Waals surface area contributed by atoms with Crippen molar-refractivity contribution in [2.75, 3.05) is 18.2 Å². The topological polar surface area (TPSA) is 81.2 Å². The van der Waals surface area contributed by atoms with Gasteiger partial charge in [0.15, 0.2) is 0 Å². The van der Waals surface area contributed by atoms with Gasteiger partial charge in [-0.1, -0.05) is 23.9 Å². The van der Waals surface area contributed by atoms with Crippen LogP contribution in [0.3, 0.4) is 0 Å². The third-order valence-electron chi connectivity index (χ3n) is 5.57. The van der Waals surface area contributed by atoms with Gasteiger partial charge in [-0.25, -0.2) is 19.2 Å². The van der Waals surface area contributed by atoms with E-state index in [1.807, 2.05) is 6.92 Å². The van der Waals surface area contributed by atoms with Gasteiger partial charge in [0.05, 0.1) is 12.9 Å². The number of fused-ring (bicyclic) bond motifs is 3. The Morgan fingerprint density at radius 3 is 2.76 bits per heavy atom. The van der Waals surface area contributed by atoms with E-state index in [1.165, 1.54) is 52.8 Å². The van der Waals surface area contributed by atoms with Gasteiger partial charge >= 0.3 is 5.97 Å². The second-order valence-electron chi connectivity index (χ2n) is 7.80. The van der Waals surface area contributed by atoms with Crippen molar-refractivity contribution in [2.45, 2.75) is 31.2 Å². The van der Waals surface area contributed by atoms with E-state index in [2.05, 4.69) is 15.3 Å². The van der Waals surface area contributed by atoms with Gasteiger partial charge in [-0.3, -0.25) is 4.79 Å². The summed E-state index contributed by atoms with van der Waals surface area (Å²) >= 11 is 4.33. The maximum atomic E-state index is 13.3. The lowest BCUT2D eigenvalue weighted by Gasteiger charge is -2.09. The van der Waals surface area contributed by atoms with Crippen LogP contribution in [0.15, 0.2) is 34.7 Å². The van der Waals surface area contributed by atoms with Crippen molar-refractivity contribution < 1.29 is 18.7 Å². The third kappa shape index (κ3) is 4.33. The van der Waals surface area contributed by atoms with Gasteiger partial charge in [0.25, 0.3) is 0 Å². The minimum Gasteiger partial charge on any atom is -0.465 e. The Morgan fingerprint density at radius 1 is 1.21 bits per heavy atom. The second-order valence-corrected chi connectivity index (χ2v) is 10.7. The predicted molar refractivity (Wildman–Crippen MR) is 135 cm³/mol. The molecular weight excluding hydrogens is 493 g/mol. The van der Waals surface area contributed by atoms with Crippen LogP contribution in [-0.2, 0) is 22.4 Å². The first-order valence-electron chi connectivity index (χ1n) is 10.6. The normalized spacial score (nSPS) is 12.7. The number of thioether (sulfide) groups is 1. The van der Waals surface area contributed by atoms with Crippen molar-refractivity contribution in [1.29, 1.82) is 0 Å². The summed E-state index contributed by atoms with van der Waals surface area (Å²) in [6.07, 6.45) is 3.23. The van der Waals surface area contributed by atoms with Gasteiger partial charge in [-0.15, -0.1) is 22.7 Å². The molecule has 0 fully saturated rings. The summed E-state index contributed by atoms with van der Waals surface area (Å²) in [4.78, 5) is 36.9. The molecule has 0 unspecified atom stereocenters. The lowest BCUT2D eigenvalue weighted by molar-refractivity contribution is -0.113. The van der Waals surface area contributed by atoms with Crippen LogP contribution in [0.2, 0.25) is 0 Å². The monoisotopic (exact) mass is 513 g/mol. The van der Waals surface area contributed by atoms with E-state index in [-0.39, 0.29) is 23.0 Å². The summed E-state index contributed by atoms with van der Waals surface area (Å²) in [5, 5.41) is 6.91. The molecule has 4 aromatic rings. The summed E-state index contributed by atoms with van der Waals surface area (Å²) in [5.74, 6) is -0.356. The highest BCUT2D eigenvalue weighted by molar-refractivity contribution is 8.00.